The van der Waals surface area contributed by atoms with Crippen LogP contribution in [0.2, 0.25) is 0 Å². The SMILES string of the molecule is COc1cc(C2(N)CNC2)ccc1C(F)(F)F.Cl. The summed E-state index contributed by atoms with van der Waals surface area (Å²) in [6.45, 7) is 1.11. The molecular formula is C11H14ClF3N2O. The molecule has 0 radical (unpaired) electrons. The van der Waals surface area contributed by atoms with Crippen LogP contribution in [0, 0.1) is 0 Å². The van der Waals surface area contributed by atoms with Crippen LogP contribution in [-0.4, -0.2) is 20.2 Å². The Bertz CT molecular complexity index is 433. The van der Waals surface area contributed by atoms with E-state index in [-0.39, 0.29) is 18.2 Å². The monoisotopic (exact) mass is 282 g/mol. The van der Waals surface area contributed by atoms with E-state index in [4.69, 9.17) is 10.5 Å². The van der Waals surface area contributed by atoms with Crippen LogP contribution in [0.4, 0.5) is 13.2 Å². The summed E-state index contributed by atoms with van der Waals surface area (Å²) in [4.78, 5) is 0. The summed E-state index contributed by atoms with van der Waals surface area (Å²) in [6.07, 6.45) is -4.41. The molecule has 1 heterocycles. The van der Waals surface area contributed by atoms with Crippen molar-refractivity contribution in [3.05, 3.63) is 29.3 Å². The fourth-order valence-electron chi connectivity index (χ4n) is 1.83. The summed E-state index contributed by atoms with van der Waals surface area (Å²) in [5.41, 5.74) is 5.30. The molecule has 1 aliphatic heterocycles. The lowest BCUT2D eigenvalue weighted by Gasteiger charge is -2.39. The van der Waals surface area contributed by atoms with E-state index in [1.165, 1.54) is 19.2 Å². The fraction of sp³-hybridized carbons (Fsp3) is 0.455. The van der Waals surface area contributed by atoms with Gasteiger partial charge >= 0.3 is 6.18 Å². The Labute approximate surface area is 109 Å². The minimum atomic E-state index is -4.41. The summed E-state index contributed by atoms with van der Waals surface area (Å²) < 4.78 is 42.7. The van der Waals surface area contributed by atoms with Crippen LogP contribution < -0.4 is 15.8 Å². The number of ether oxygens (including phenoxy) is 1. The van der Waals surface area contributed by atoms with Gasteiger partial charge in [0, 0.05) is 13.1 Å². The van der Waals surface area contributed by atoms with Gasteiger partial charge in [0.25, 0.3) is 0 Å². The van der Waals surface area contributed by atoms with Gasteiger partial charge in [0.05, 0.1) is 18.2 Å². The first kappa shape index (κ1) is 15.1. The van der Waals surface area contributed by atoms with Gasteiger partial charge in [-0.05, 0) is 17.7 Å². The summed E-state index contributed by atoms with van der Waals surface area (Å²) in [6, 6.07) is 3.79. The summed E-state index contributed by atoms with van der Waals surface area (Å²) in [7, 11) is 1.22. The number of nitrogens with two attached hydrogens (primary N) is 1. The van der Waals surface area contributed by atoms with Crippen molar-refractivity contribution in [3.8, 4) is 5.75 Å². The Morgan fingerprint density at radius 2 is 1.94 bits per heavy atom. The molecule has 0 unspecified atom stereocenters. The summed E-state index contributed by atoms with van der Waals surface area (Å²) in [5, 5.41) is 2.99. The van der Waals surface area contributed by atoms with Crippen molar-refractivity contribution in [1.29, 1.82) is 0 Å². The highest BCUT2D eigenvalue weighted by atomic mass is 35.5. The molecule has 1 saturated heterocycles. The quantitative estimate of drug-likeness (QED) is 0.871. The maximum absolute atomic E-state index is 12.6. The van der Waals surface area contributed by atoms with Gasteiger partial charge in [0.15, 0.2) is 0 Å². The first-order valence-corrected chi connectivity index (χ1v) is 5.12. The van der Waals surface area contributed by atoms with Crippen LogP contribution in [-0.2, 0) is 11.7 Å². The van der Waals surface area contributed by atoms with Gasteiger partial charge in [0.2, 0.25) is 0 Å². The number of methoxy groups -OCH3 is 1. The third-order valence-corrected chi connectivity index (χ3v) is 2.96. The molecule has 1 aromatic rings. The highest BCUT2D eigenvalue weighted by Crippen LogP contribution is 2.38. The maximum Gasteiger partial charge on any atom is 0.419 e. The highest BCUT2D eigenvalue weighted by molar-refractivity contribution is 5.85. The van der Waals surface area contributed by atoms with E-state index in [2.05, 4.69) is 5.32 Å². The molecule has 18 heavy (non-hydrogen) atoms. The van der Waals surface area contributed by atoms with Crippen molar-refractivity contribution in [3.63, 3.8) is 0 Å². The van der Waals surface area contributed by atoms with Gasteiger partial charge in [0.1, 0.15) is 5.75 Å². The molecule has 2 rings (SSSR count). The normalized spacial score (nSPS) is 17.6. The van der Waals surface area contributed by atoms with E-state index < -0.39 is 17.3 Å². The number of hydrogen-bond acceptors (Lipinski definition) is 3. The number of hydrogen-bond donors (Lipinski definition) is 2. The molecule has 7 heteroatoms. The predicted molar refractivity (Wildman–Crippen MR) is 64.0 cm³/mol. The zero-order valence-electron chi connectivity index (χ0n) is 9.67. The Kier molecular flexibility index (Phi) is 4.15. The van der Waals surface area contributed by atoms with Crippen LogP contribution in [0.1, 0.15) is 11.1 Å². The standard InChI is InChI=1S/C11H13F3N2O.ClH/c1-17-9-4-7(10(15)5-16-6-10)2-3-8(9)11(12,13)14;/h2-4,16H,5-6,15H2,1H3;1H. The average Bonchev–Trinajstić information content (AvgIpc) is 2.23. The molecule has 1 fully saturated rings. The third-order valence-electron chi connectivity index (χ3n) is 2.96. The molecular weight excluding hydrogens is 269 g/mol. The van der Waals surface area contributed by atoms with E-state index in [0.29, 0.717) is 18.7 Å². The average molecular weight is 283 g/mol. The van der Waals surface area contributed by atoms with Crippen molar-refractivity contribution < 1.29 is 17.9 Å². The fourth-order valence-corrected chi connectivity index (χ4v) is 1.83. The van der Waals surface area contributed by atoms with Crippen molar-refractivity contribution in [2.24, 2.45) is 5.73 Å². The van der Waals surface area contributed by atoms with E-state index >= 15 is 0 Å². The van der Waals surface area contributed by atoms with Gasteiger partial charge in [-0.1, -0.05) is 6.07 Å². The summed E-state index contributed by atoms with van der Waals surface area (Å²) in [5.74, 6) is -0.188. The Hall–Kier alpha value is -0.980. The second-order valence-corrected chi connectivity index (χ2v) is 4.17. The molecule has 0 amide bonds. The van der Waals surface area contributed by atoms with Gasteiger partial charge in [-0.3, -0.25) is 0 Å². The molecule has 3 N–H and O–H groups in total. The Morgan fingerprint density at radius 3 is 2.33 bits per heavy atom. The smallest absolute Gasteiger partial charge is 0.419 e. The minimum Gasteiger partial charge on any atom is -0.496 e. The van der Waals surface area contributed by atoms with E-state index in [1.807, 2.05) is 0 Å². The van der Waals surface area contributed by atoms with Crippen LogP contribution >= 0.6 is 12.4 Å². The molecule has 102 valence electrons. The Morgan fingerprint density at radius 1 is 1.33 bits per heavy atom. The zero-order valence-corrected chi connectivity index (χ0v) is 10.5. The maximum atomic E-state index is 12.6. The van der Waals surface area contributed by atoms with Crippen molar-refractivity contribution in [2.75, 3.05) is 20.2 Å². The second-order valence-electron chi connectivity index (χ2n) is 4.17. The van der Waals surface area contributed by atoms with Crippen LogP contribution in [0.5, 0.6) is 5.75 Å². The molecule has 0 spiro atoms. The molecule has 1 aliphatic rings. The molecule has 0 aliphatic carbocycles. The van der Waals surface area contributed by atoms with Crippen LogP contribution in [0.15, 0.2) is 18.2 Å². The summed E-state index contributed by atoms with van der Waals surface area (Å²) >= 11 is 0. The highest BCUT2D eigenvalue weighted by Gasteiger charge is 2.38. The lowest BCUT2D eigenvalue weighted by molar-refractivity contribution is -0.138. The third kappa shape index (κ3) is 2.55. The van der Waals surface area contributed by atoms with Crippen LogP contribution in [0.3, 0.4) is 0 Å². The molecule has 0 aromatic heterocycles. The number of alkyl halides is 3. The Balaban J connectivity index is 0.00000162. The van der Waals surface area contributed by atoms with Gasteiger partial charge < -0.3 is 15.8 Å². The van der Waals surface area contributed by atoms with Crippen LogP contribution in [0.25, 0.3) is 0 Å². The first-order chi connectivity index (χ1) is 7.87. The molecule has 1 aromatic carbocycles. The number of rotatable bonds is 2. The largest absolute Gasteiger partial charge is 0.496 e. The lowest BCUT2D eigenvalue weighted by atomic mass is 9.85. The lowest BCUT2D eigenvalue weighted by Crippen LogP contribution is -2.62. The van der Waals surface area contributed by atoms with E-state index in [0.717, 1.165) is 6.07 Å². The zero-order chi connectivity index (χ0) is 12.7. The number of benzene rings is 1. The van der Waals surface area contributed by atoms with Gasteiger partial charge in [-0.2, -0.15) is 13.2 Å². The predicted octanol–water partition coefficient (Wildman–Crippen LogP) is 1.89. The van der Waals surface area contributed by atoms with Gasteiger partial charge in [-0.25, -0.2) is 0 Å². The first-order valence-electron chi connectivity index (χ1n) is 5.12. The second kappa shape index (κ2) is 4.95. The molecule has 0 atom stereocenters. The molecule has 3 nitrogen and oxygen atoms in total. The minimum absolute atomic E-state index is 0. The molecule has 0 bridgehead atoms. The van der Waals surface area contributed by atoms with E-state index in [9.17, 15) is 13.2 Å². The van der Waals surface area contributed by atoms with Crippen molar-refractivity contribution >= 4 is 12.4 Å². The van der Waals surface area contributed by atoms with Gasteiger partial charge in [-0.15, -0.1) is 12.4 Å². The van der Waals surface area contributed by atoms with Crippen molar-refractivity contribution in [2.45, 2.75) is 11.7 Å². The number of nitrogens with one attached hydrogen (secondary N) is 1. The van der Waals surface area contributed by atoms with Crippen molar-refractivity contribution in [1.82, 2.24) is 5.32 Å². The van der Waals surface area contributed by atoms with E-state index in [1.54, 1.807) is 0 Å². The number of halogens is 4. The topological polar surface area (TPSA) is 47.3 Å². The molecule has 0 saturated carbocycles.